The highest BCUT2D eigenvalue weighted by Crippen LogP contribution is 2.25. The Bertz CT molecular complexity index is 911. The summed E-state index contributed by atoms with van der Waals surface area (Å²) < 4.78 is 5.14. The van der Waals surface area contributed by atoms with Gasteiger partial charge < -0.3 is 14.5 Å². The molecule has 1 amide bonds. The molecule has 0 unspecified atom stereocenters. The van der Waals surface area contributed by atoms with E-state index in [0.29, 0.717) is 43.3 Å². The molecule has 0 N–H and O–H groups in total. The molecule has 1 saturated heterocycles. The standard InChI is InChI=1S/C19H18N4O4/c1-27-16-5-2-4-15(14-16)7-8-18(24)21-10-12-22(13-11-21)19-17(23(25)26)6-3-9-20-19/h2-6,9,14H,10-13H2,1H3. The van der Waals surface area contributed by atoms with Crippen molar-refractivity contribution in [2.75, 3.05) is 38.2 Å². The Hall–Kier alpha value is -3.60. The molecule has 3 rings (SSSR count). The van der Waals surface area contributed by atoms with Crippen LogP contribution in [0.5, 0.6) is 5.75 Å². The van der Waals surface area contributed by atoms with Crippen LogP contribution in [-0.4, -0.2) is 54.0 Å². The molecule has 8 heteroatoms. The molecule has 2 aromatic rings. The predicted octanol–water partition coefficient (Wildman–Crippen LogP) is 1.70. The number of anilines is 1. The van der Waals surface area contributed by atoms with Crippen molar-refractivity contribution < 1.29 is 14.5 Å². The Morgan fingerprint density at radius 2 is 2.00 bits per heavy atom. The minimum absolute atomic E-state index is 0.0323. The number of ether oxygens (including phenoxy) is 1. The molecule has 0 radical (unpaired) electrons. The largest absolute Gasteiger partial charge is 0.497 e. The van der Waals surface area contributed by atoms with Crippen LogP contribution in [0.3, 0.4) is 0 Å². The van der Waals surface area contributed by atoms with Crippen LogP contribution in [0.25, 0.3) is 0 Å². The van der Waals surface area contributed by atoms with Crippen LogP contribution in [0.1, 0.15) is 5.56 Å². The monoisotopic (exact) mass is 366 g/mol. The highest BCUT2D eigenvalue weighted by Gasteiger charge is 2.26. The van der Waals surface area contributed by atoms with Crippen LogP contribution >= 0.6 is 0 Å². The number of benzene rings is 1. The lowest BCUT2D eigenvalue weighted by molar-refractivity contribution is -0.384. The first kappa shape index (κ1) is 18.2. The SMILES string of the molecule is COc1cccc(C#CC(=O)N2CCN(c3ncccc3[N+](=O)[O-])CC2)c1. The van der Waals surface area contributed by atoms with Gasteiger partial charge in [-0.05, 0) is 24.3 Å². The van der Waals surface area contributed by atoms with Gasteiger partial charge in [0, 0.05) is 49.9 Å². The van der Waals surface area contributed by atoms with Crippen molar-refractivity contribution in [3.63, 3.8) is 0 Å². The van der Waals surface area contributed by atoms with Gasteiger partial charge in [0.2, 0.25) is 5.82 Å². The zero-order valence-corrected chi connectivity index (χ0v) is 14.8. The molecule has 27 heavy (non-hydrogen) atoms. The zero-order valence-electron chi connectivity index (χ0n) is 14.8. The average molecular weight is 366 g/mol. The Labute approximate surface area is 156 Å². The number of nitro groups is 1. The summed E-state index contributed by atoms with van der Waals surface area (Å²) in [4.78, 5) is 30.6. The highest BCUT2D eigenvalue weighted by atomic mass is 16.6. The first-order valence-electron chi connectivity index (χ1n) is 8.38. The lowest BCUT2D eigenvalue weighted by Crippen LogP contribution is -2.48. The number of carbonyl (C=O) groups is 1. The molecule has 138 valence electrons. The number of piperazine rings is 1. The van der Waals surface area contributed by atoms with Gasteiger partial charge in [-0.25, -0.2) is 4.98 Å². The number of nitrogens with zero attached hydrogens (tertiary/aromatic N) is 4. The van der Waals surface area contributed by atoms with Crippen LogP contribution in [0.4, 0.5) is 11.5 Å². The third kappa shape index (κ3) is 4.33. The van der Waals surface area contributed by atoms with Crippen molar-refractivity contribution in [1.29, 1.82) is 0 Å². The summed E-state index contributed by atoms with van der Waals surface area (Å²) in [6.45, 7) is 1.79. The van der Waals surface area contributed by atoms with Crippen LogP contribution in [0.2, 0.25) is 0 Å². The molecule has 1 aliphatic rings. The number of pyridine rings is 1. The van der Waals surface area contributed by atoms with Crippen molar-refractivity contribution >= 4 is 17.4 Å². The molecule has 0 aliphatic carbocycles. The van der Waals surface area contributed by atoms with Gasteiger partial charge in [-0.3, -0.25) is 14.9 Å². The number of hydrogen-bond donors (Lipinski definition) is 0. The molecule has 0 atom stereocenters. The maximum Gasteiger partial charge on any atom is 0.311 e. The summed E-state index contributed by atoms with van der Waals surface area (Å²) in [5.41, 5.74) is 0.667. The average Bonchev–Trinajstić information content (AvgIpc) is 2.72. The second kappa shape index (κ2) is 8.19. The molecule has 0 saturated carbocycles. The summed E-state index contributed by atoms with van der Waals surface area (Å²) in [6.07, 6.45) is 1.53. The van der Waals surface area contributed by atoms with Crippen LogP contribution in [-0.2, 0) is 4.79 Å². The summed E-state index contributed by atoms with van der Waals surface area (Å²) in [5, 5.41) is 11.1. The smallest absolute Gasteiger partial charge is 0.311 e. The van der Waals surface area contributed by atoms with Crippen LogP contribution < -0.4 is 9.64 Å². The van der Waals surface area contributed by atoms with E-state index in [1.165, 1.54) is 18.3 Å². The van der Waals surface area contributed by atoms with Gasteiger partial charge >= 0.3 is 5.69 Å². The molecule has 1 aromatic heterocycles. The van der Waals surface area contributed by atoms with Crippen molar-refractivity contribution in [1.82, 2.24) is 9.88 Å². The predicted molar refractivity (Wildman–Crippen MR) is 99.6 cm³/mol. The minimum atomic E-state index is -0.445. The summed E-state index contributed by atoms with van der Waals surface area (Å²) in [6, 6.07) is 10.2. The van der Waals surface area contributed by atoms with E-state index in [0.717, 1.165) is 0 Å². The summed E-state index contributed by atoms with van der Waals surface area (Å²) in [5.74, 6) is 6.23. The number of rotatable bonds is 3. The normalized spacial score (nSPS) is 13.5. The molecule has 8 nitrogen and oxygen atoms in total. The van der Waals surface area contributed by atoms with E-state index in [2.05, 4.69) is 16.8 Å². The van der Waals surface area contributed by atoms with Gasteiger partial charge in [0.15, 0.2) is 0 Å². The topological polar surface area (TPSA) is 88.8 Å². The molecular weight excluding hydrogens is 348 g/mol. The van der Waals surface area contributed by atoms with E-state index in [-0.39, 0.29) is 11.6 Å². The van der Waals surface area contributed by atoms with Crippen LogP contribution in [0, 0.1) is 22.0 Å². The van der Waals surface area contributed by atoms with E-state index in [1.54, 1.807) is 24.1 Å². The molecule has 1 aliphatic heterocycles. The molecule has 1 fully saturated rings. The summed E-state index contributed by atoms with van der Waals surface area (Å²) >= 11 is 0. The quantitative estimate of drug-likeness (QED) is 0.467. The van der Waals surface area contributed by atoms with Gasteiger partial charge in [0.05, 0.1) is 12.0 Å². The number of aromatic nitrogens is 1. The van der Waals surface area contributed by atoms with E-state index in [1.807, 2.05) is 17.0 Å². The van der Waals surface area contributed by atoms with E-state index in [4.69, 9.17) is 4.74 Å². The fraction of sp³-hybridized carbons (Fsp3) is 0.263. The lowest BCUT2D eigenvalue weighted by atomic mass is 10.2. The Morgan fingerprint density at radius 3 is 2.70 bits per heavy atom. The maximum atomic E-state index is 12.3. The van der Waals surface area contributed by atoms with Crippen molar-refractivity contribution in [2.45, 2.75) is 0 Å². The molecule has 0 bridgehead atoms. The molecular formula is C19H18N4O4. The second-order valence-electron chi connectivity index (χ2n) is 5.86. The Balaban J connectivity index is 1.63. The molecule has 0 spiro atoms. The second-order valence-corrected chi connectivity index (χ2v) is 5.86. The van der Waals surface area contributed by atoms with Crippen molar-refractivity contribution in [3.05, 3.63) is 58.3 Å². The number of amides is 1. The van der Waals surface area contributed by atoms with Gasteiger partial charge in [0.25, 0.3) is 5.91 Å². The van der Waals surface area contributed by atoms with Gasteiger partial charge in [0.1, 0.15) is 5.75 Å². The minimum Gasteiger partial charge on any atom is -0.497 e. The maximum absolute atomic E-state index is 12.3. The van der Waals surface area contributed by atoms with E-state index >= 15 is 0 Å². The fourth-order valence-electron chi connectivity index (χ4n) is 2.80. The van der Waals surface area contributed by atoms with E-state index < -0.39 is 4.92 Å². The molecule has 2 heterocycles. The Morgan fingerprint density at radius 1 is 1.22 bits per heavy atom. The third-order valence-electron chi connectivity index (χ3n) is 4.21. The number of carbonyl (C=O) groups excluding carboxylic acids is 1. The van der Waals surface area contributed by atoms with Crippen molar-refractivity contribution in [2.24, 2.45) is 0 Å². The zero-order chi connectivity index (χ0) is 19.2. The number of methoxy groups -OCH3 is 1. The third-order valence-corrected chi connectivity index (χ3v) is 4.21. The fourth-order valence-corrected chi connectivity index (χ4v) is 2.80. The van der Waals surface area contributed by atoms with Gasteiger partial charge in [-0.1, -0.05) is 12.0 Å². The van der Waals surface area contributed by atoms with Gasteiger partial charge in [-0.15, -0.1) is 0 Å². The van der Waals surface area contributed by atoms with Crippen molar-refractivity contribution in [3.8, 4) is 17.6 Å². The molecule has 1 aromatic carbocycles. The first-order chi connectivity index (χ1) is 13.1. The number of hydrogen-bond acceptors (Lipinski definition) is 6. The van der Waals surface area contributed by atoms with E-state index in [9.17, 15) is 14.9 Å². The lowest BCUT2D eigenvalue weighted by Gasteiger charge is -2.34. The first-order valence-corrected chi connectivity index (χ1v) is 8.38. The van der Waals surface area contributed by atoms with Gasteiger partial charge in [-0.2, -0.15) is 0 Å². The highest BCUT2D eigenvalue weighted by molar-refractivity contribution is 5.94. The Kier molecular flexibility index (Phi) is 5.52. The van der Waals surface area contributed by atoms with Crippen LogP contribution in [0.15, 0.2) is 42.6 Å². The summed E-state index contributed by atoms with van der Waals surface area (Å²) in [7, 11) is 1.57.